The molecule has 10 heteroatoms. The monoisotopic (exact) mass is 799 g/mol. The Hall–Kier alpha value is -4.80. The standard InChI is InChI=1S/C25H34N4O.C24H32N4O/c1-19(2)9-13-28-14-10-21(11-15-28)20-5-7-24(8-6-20)27-25(30)29-17-23(18-29)22-4-3-12-26-16-22;1-18(2)15-27-12-9-20(10-13-27)19-5-7-23(8-6-19)26-24(29)28-16-22(17-28)21-4-3-11-25-14-21/h3-8,12,16,19,21,23H,9-11,13-15,17-18H2,1-2H3,(H,27,30);3-8,11,14,18,20,22H,9-10,12-13,15-17H2,1-2H3,(H,26,29). The van der Waals surface area contributed by atoms with Gasteiger partial charge >= 0.3 is 12.1 Å². The number of nitrogens with one attached hydrogen (secondary N) is 2. The number of benzene rings is 2. The number of carbonyl (C=O) groups is 2. The number of rotatable bonds is 11. The highest BCUT2D eigenvalue weighted by atomic mass is 16.2. The topological polar surface area (TPSA) is 96.9 Å². The molecule has 8 rings (SSSR count). The van der Waals surface area contributed by atoms with Gasteiger partial charge in [0, 0.05) is 80.7 Å². The van der Waals surface area contributed by atoms with Crippen LogP contribution in [0.1, 0.15) is 106 Å². The van der Waals surface area contributed by atoms with Crippen molar-refractivity contribution >= 4 is 23.4 Å². The van der Waals surface area contributed by atoms with E-state index in [0.717, 1.165) is 49.4 Å². The van der Waals surface area contributed by atoms with Crippen LogP contribution < -0.4 is 10.6 Å². The first kappa shape index (κ1) is 42.3. The van der Waals surface area contributed by atoms with Crippen LogP contribution in [0, 0.1) is 11.8 Å². The zero-order chi connectivity index (χ0) is 41.1. The molecule has 0 radical (unpaired) electrons. The number of aromatic nitrogens is 2. The zero-order valence-corrected chi connectivity index (χ0v) is 35.8. The van der Waals surface area contributed by atoms with Crippen molar-refractivity contribution in [2.45, 2.75) is 83.5 Å². The molecule has 0 atom stereocenters. The van der Waals surface area contributed by atoms with E-state index in [1.54, 1.807) is 12.4 Å². The lowest BCUT2D eigenvalue weighted by Crippen LogP contribution is -2.50. The summed E-state index contributed by atoms with van der Waals surface area (Å²) in [5.74, 6) is 3.60. The molecule has 0 saturated carbocycles. The third-order valence-corrected chi connectivity index (χ3v) is 12.7. The van der Waals surface area contributed by atoms with Crippen LogP contribution in [0.25, 0.3) is 0 Å². The second kappa shape index (κ2) is 20.4. The first-order valence-electron chi connectivity index (χ1n) is 22.2. The van der Waals surface area contributed by atoms with Gasteiger partial charge in [-0.2, -0.15) is 0 Å². The van der Waals surface area contributed by atoms with Gasteiger partial charge in [0.05, 0.1) is 0 Å². The van der Waals surface area contributed by atoms with Crippen LogP contribution in [0.5, 0.6) is 0 Å². The maximum Gasteiger partial charge on any atom is 0.321 e. The molecule has 4 aliphatic rings. The van der Waals surface area contributed by atoms with E-state index in [0.29, 0.717) is 23.7 Å². The minimum Gasteiger partial charge on any atom is -0.323 e. The minimum absolute atomic E-state index is 0.0126. The molecule has 2 N–H and O–H groups in total. The number of pyridine rings is 2. The maximum absolute atomic E-state index is 12.5. The Kier molecular flexibility index (Phi) is 14.7. The Morgan fingerprint density at radius 1 is 0.559 bits per heavy atom. The fourth-order valence-electron chi connectivity index (χ4n) is 8.92. The SMILES string of the molecule is CC(C)CCN1CCC(c2ccc(NC(=O)N3CC(c4cccnc4)C3)cc2)CC1.CC(C)CN1CCC(c2ccc(NC(=O)N3CC(c4cccnc4)C3)cc2)CC1. The van der Waals surface area contributed by atoms with E-state index in [-0.39, 0.29) is 12.1 Å². The Morgan fingerprint density at radius 2 is 0.983 bits per heavy atom. The van der Waals surface area contributed by atoms with Crippen LogP contribution in [-0.2, 0) is 0 Å². The fraction of sp³-hybridized carbons (Fsp3) is 0.510. The number of carbonyl (C=O) groups excluding carboxylic acids is 2. The van der Waals surface area contributed by atoms with Crippen molar-refractivity contribution in [1.82, 2.24) is 29.6 Å². The quantitative estimate of drug-likeness (QED) is 0.157. The maximum atomic E-state index is 12.5. The van der Waals surface area contributed by atoms with Crippen molar-refractivity contribution in [2.24, 2.45) is 11.8 Å². The summed E-state index contributed by atoms with van der Waals surface area (Å²) in [5, 5.41) is 6.08. The summed E-state index contributed by atoms with van der Waals surface area (Å²) in [6.45, 7) is 19.4. The van der Waals surface area contributed by atoms with Crippen molar-refractivity contribution in [3.8, 4) is 0 Å². The number of nitrogens with zero attached hydrogens (tertiary/aromatic N) is 6. The summed E-state index contributed by atoms with van der Waals surface area (Å²) >= 11 is 0. The first-order chi connectivity index (χ1) is 28.7. The molecule has 0 unspecified atom stereocenters. The van der Waals surface area contributed by atoms with Crippen LogP contribution in [-0.4, -0.2) is 107 Å². The molecular weight excluding hydrogens is 733 g/mol. The lowest BCUT2D eigenvalue weighted by Gasteiger charge is -2.39. The number of hydrogen-bond acceptors (Lipinski definition) is 6. The van der Waals surface area contributed by atoms with Gasteiger partial charge in [-0.15, -0.1) is 0 Å². The van der Waals surface area contributed by atoms with Crippen LogP contribution in [0.2, 0.25) is 0 Å². The fourth-order valence-corrected chi connectivity index (χ4v) is 8.92. The molecule has 4 fully saturated rings. The number of hydrogen-bond donors (Lipinski definition) is 2. The Balaban J connectivity index is 0.000000179. The van der Waals surface area contributed by atoms with Crippen LogP contribution >= 0.6 is 0 Å². The average molecular weight is 799 g/mol. The molecule has 0 bridgehead atoms. The van der Waals surface area contributed by atoms with E-state index in [2.05, 4.69) is 107 Å². The summed E-state index contributed by atoms with van der Waals surface area (Å²) < 4.78 is 0. The molecule has 4 amide bonds. The van der Waals surface area contributed by atoms with Crippen molar-refractivity contribution in [3.63, 3.8) is 0 Å². The second-order valence-electron chi connectivity index (χ2n) is 18.1. The van der Waals surface area contributed by atoms with E-state index < -0.39 is 0 Å². The second-order valence-corrected chi connectivity index (χ2v) is 18.1. The van der Waals surface area contributed by atoms with Crippen molar-refractivity contribution in [2.75, 3.05) is 76.1 Å². The first-order valence-corrected chi connectivity index (χ1v) is 22.2. The lowest BCUT2D eigenvalue weighted by atomic mass is 9.89. The number of anilines is 2. The third kappa shape index (κ3) is 11.9. The van der Waals surface area contributed by atoms with Gasteiger partial charge in [0.15, 0.2) is 0 Å². The number of likely N-dealkylation sites (tertiary alicyclic amines) is 4. The summed E-state index contributed by atoms with van der Waals surface area (Å²) in [4.78, 5) is 42.2. The molecule has 314 valence electrons. The van der Waals surface area contributed by atoms with Gasteiger partial charge in [-0.3, -0.25) is 9.97 Å². The molecule has 4 saturated heterocycles. The van der Waals surface area contributed by atoms with E-state index in [9.17, 15) is 9.59 Å². The normalized spacial score (nSPS) is 18.5. The molecule has 0 spiro atoms. The molecule has 2 aromatic carbocycles. The van der Waals surface area contributed by atoms with Gasteiger partial charge in [-0.05, 0) is 147 Å². The smallest absolute Gasteiger partial charge is 0.321 e. The molecule has 4 aliphatic heterocycles. The molecule has 10 nitrogen and oxygen atoms in total. The minimum atomic E-state index is -0.0140. The Bertz CT molecular complexity index is 1880. The van der Waals surface area contributed by atoms with Crippen molar-refractivity contribution in [3.05, 3.63) is 120 Å². The molecular formula is C49H66N8O2. The largest absolute Gasteiger partial charge is 0.323 e. The van der Waals surface area contributed by atoms with E-state index in [1.807, 2.05) is 46.5 Å². The zero-order valence-electron chi connectivity index (χ0n) is 35.8. The molecule has 2 aromatic heterocycles. The van der Waals surface area contributed by atoms with Crippen molar-refractivity contribution in [1.29, 1.82) is 0 Å². The Labute approximate surface area is 352 Å². The highest BCUT2D eigenvalue weighted by Crippen LogP contribution is 2.32. The predicted molar refractivity (Wildman–Crippen MR) is 239 cm³/mol. The molecule has 6 heterocycles. The highest BCUT2D eigenvalue weighted by Gasteiger charge is 2.33. The van der Waals surface area contributed by atoms with Gasteiger partial charge in [-0.25, -0.2) is 9.59 Å². The third-order valence-electron chi connectivity index (χ3n) is 12.7. The van der Waals surface area contributed by atoms with E-state index in [1.165, 1.54) is 93.6 Å². The van der Waals surface area contributed by atoms with Crippen LogP contribution in [0.4, 0.5) is 21.0 Å². The summed E-state index contributed by atoms with van der Waals surface area (Å²) in [5.41, 5.74) is 6.97. The summed E-state index contributed by atoms with van der Waals surface area (Å²) in [7, 11) is 0. The highest BCUT2D eigenvalue weighted by molar-refractivity contribution is 5.90. The van der Waals surface area contributed by atoms with E-state index >= 15 is 0 Å². The van der Waals surface area contributed by atoms with Gasteiger partial charge in [0.1, 0.15) is 0 Å². The molecule has 59 heavy (non-hydrogen) atoms. The van der Waals surface area contributed by atoms with E-state index in [4.69, 9.17) is 0 Å². The Morgan fingerprint density at radius 3 is 1.36 bits per heavy atom. The average Bonchev–Trinajstić information content (AvgIpc) is 3.21. The number of amides is 4. The van der Waals surface area contributed by atoms with Crippen molar-refractivity contribution < 1.29 is 9.59 Å². The van der Waals surface area contributed by atoms with Gasteiger partial charge in [0.25, 0.3) is 0 Å². The summed E-state index contributed by atoms with van der Waals surface area (Å²) in [6, 6.07) is 25.0. The lowest BCUT2D eigenvalue weighted by molar-refractivity contribution is 0.163. The molecule has 0 aliphatic carbocycles. The molecule has 4 aromatic rings. The summed E-state index contributed by atoms with van der Waals surface area (Å²) in [6.07, 6.45) is 13.6. The number of piperidine rings is 2. The number of urea groups is 2. The van der Waals surface area contributed by atoms with Gasteiger partial charge in [-0.1, -0.05) is 64.1 Å². The predicted octanol–water partition coefficient (Wildman–Crippen LogP) is 9.49. The van der Waals surface area contributed by atoms with Crippen LogP contribution in [0.3, 0.4) is 0 Å². The van der Waals surface area contributed by atoms with Gasteiger partial charge < -0.3 is 30.2 Å². The van der Waals surface area contributed by atoms with Gasteiger partial charge in [0.2, 0.25) is 0 Å². The van der Waals surface area contributed by atoms with Crippen LogP contribution in [0.15, 0.2) is 97.6 Å².